The Hall–Kier alpha value is -3.17. The fourth-order valence-corrected chi connectivity index (χ4v) is 5.65. The Morgan fingerprint density at radius 1 is 1.16 bits per heavy atom. The first-order chi connectivity index (χ1) is 18.3. The second-order valence-electron chi connectivity index (χ2n) is 10.4. The molecule has 1 amide bonds. The summed E-state index contributed by atoms with van der Waals surface area (Å²) in [5.41, 5.74) is 5.86. The molecule has 0 saturated carbocycles. The molecule has 0 radical (unpaired) electrons. The van der Waals surface area contributed by atoms with Crippen LogP contribution in [0.3, 0.4) is 0 Å². The molecule has 9 nitrogen and oxygen atoms in total. The highest BCUT2D eigenvalue weighted by Crippen LogP contribution is 2.36. The number of anilines is 2. The van der Waals surface area contributed by atoms with Gasteiger partial charge in [-0.25, -0.2) is 0 Å². The number of ether oxygens (including phenoxy) is 2. The first-order valence-corrected chi connectivity index (χ1v) is 13.7. The lowest BCUT2D eigenvalue weighted by molar-refractivity contribution is 0.0845. The molecular weight excluding hydrogens is 482 g/mol. The largest absolute Gasteiger partial charge is 0.384 e. The van der Waals surface area contributed by atoms with E-state index in [1.807, 2.05) is 32.9 Å². The minimum Gasteiger partial charge on any atom is -0.384 e. The van der Waals surface area contributed by atoms with Crippen molar-refractivity contribution in [2.24, 2.45) is 5.92 Å². The molecule has 2 saturated heterocycles. The number of nitrogens with one attached hydrogen (secondary N) is 4. The molecule has 1 aromatic carbocycles. The second kappa shape index (κ2) is 12.6. The fraction of sp³-hybridized carbons (Fsp3) is 0.552. The summed E-state index contributed by atoms with van der Waals surface area (Å²) < 4.78 is 11.2. The van der Waals surface area contributed by atoms with Crippen molar-refractivity contribution in [2.75, 3.05) is 49.7 Å². The van der Waals surface area contributed by atoms with Crippen molar-refractivity contribution in [3.05, 3.63) is 56.0 Å². The van der Waals surface area contributed by atoms with Gasteiger partial charge in [0.15, 0.2) is 0 Å². The van der Waals surface area contributed by atoms with Crippen LogP contribution in [0.5, 0.6) is 0 Å². The predicted octanol–water partition coefficient (Wildman–Crippen LogP) is 3.68. The summed E-state index contributed by atoms with van der Waals surface area (Å²) in [5.74, 6) is 0.152. The zero-order valence-electron chi connectivity index (χ0n) is 23.0. The number of H-pyrrole nitrogens is 1. The Bertz CT molecular complexity index is 1210. The van der Waals surface area contributed by atoms with Crippen LogP contribution < -0.4 is 21.1 Å². The van der Waals surface area contributed by atoms with Crippen molar-refractivity contribution in [3.8, 4) is 0 Å². The van der Waals surface area contributed by atoms with Crippen LogP contribution in [-0.4, -0.2) is 62.7 Å². The minimum atomic E-state index is -0.241. The Labute approximate surface area is 224 Å². The van der Waals surface area contributed by atoms with Gasteiger partial charge in [0, 0.05) is 85.7 Å². The summed E-state index contributed by atoms with van der Waals surface area (Å²) in [4.78, 5) is 31.3. The van der Waals surface area contributed by atoms with Gasteiger partial charge in [0.1, 0.15) is 0 Å². The van der Waals surface area contributed by atoms with E-state index in [4.69, 9.17) is 14.9 Å². The topological polar surface area (TPSA) is 120 Å². The average Bonchev–Trinajstić information content (AvgIpc) is 3.42. The number of nitrogens with zero attached hydrogens (tertiary/aromatic N) is 1. The fourth-order valence-electron chi connectivity index (χ4n) is 5.65. The van der Waals surface area contributed by atoms with Crippen LogP contribution in [0.25, 0.3) is 0 Å². The van der Waals surface area contributed by atoms with Crippen LogP contribution in [0.15, 0.2) is 16.9 Å². The van der Waals surface area contributed by atoms with Crippen molar-refractivity contribution in [3.63, 3.8) is 0 Å². The molecule has 4 N–H and O–H groups in total. The standard InChI is InChI=1S/C29H41N5O4/c1-5-34(22-7-10-37-11-8-22)27-20(4)23(13-26(24(27)14-30)31-15-21-6-9-38-17-21)28(35)32-16-25-18(2)12-19(3)33-29(25)36/h12-14,21-22,30-31H,5-11,15-17H2,1-4H3,(H,32,35)(H,33,36). The first kappa shape index (κ1) is 27.9. The van der Waals surface area contributed by atoms with E-state index in [0.717, 1.165) is 66.2 Å². The number of aryl methyl sites for hydroxylation is 2. The molecule has 4 rings (SSSR count). The monoisotopic (exact) mass is 523 g/mol. The van der Waals surface area contributed by atoms with Crippen LogP contribution in [0.4, 0.5) is 11.4 Å². The molecule has 3 heterocycles. The van der Waals surface area contributed by atoms with E-state index in [1.165, 1.54) is 6.21 Å². The van der Waals surface area contributed by atoms with Gasteiger partial charge in [0.2, 0.25) is 0 Å². The SMILES string of the molecule is CCN(c1c(C)c(C(=O)NCc2c(C)cc(C)[nH]c2=O)cc(NCC2CCOC2)c1C=N)C1CCOCC1. The van der Waals surface area contributed by atoms with Gasteiger partial charge >= 0.3 is 0 Å². The maximum absolute atomic E-state index is 13.6. The lowest BCUT2D eigenvalue weighted by atomic mass is 9.95. The van der Waals surface area contributed by atoms with Crippen molar-refractivity contribution < 1.29 is 14.3 Å². The zero-order chi connectivity index (χ0) is 27.2. The zero-order valence-corrected chi connectivity index (χ0v) is 23.0. The molecule has 1 aromatic heterocycles. The molecule has 2 fully saturated rings. The molecule has 2 aliphatic heterocycles. The van der Waals surface area contributed by atoms with Crippen LogP contribution in [0.2, 0.25) is 0 Å². The highest BCUT2D eigenvalue weighted by molar-refractivity contribution is 6.04. The van der Waals surface area contributed by atoms with Crippen LogP contribution >= 0.6 is 0 Å². The van der Waals surface area contributed by atoms with Gasteiger partial charge in [-0.15, -0.1) is 0 Å². The van der Waals surface area contributed by atoms with Crippen molar-refractivity contribution in [2.45, 2.75) is 59.5 Å². The number of aromatic nitrogens is 1. The van der Waals surface area contributed by atoms with Gasteiger partial charge in [0.05, 0.1) is 12.3 Å². The predicted molar refractivity (Wildman–Crippen MR) is 151 cm³/mol. The van der Waals surface area contributed by atoms with Crippen molar-refractivity contribution in [1.29, 1.82) is 5.41 Å². The molecule has 2 aliphatic rings. The number of hydrogen-bond acceptors (Lipinski definition) is 7. The van der Waals surface area contributed by atoms with Crippen molar-refractivity contribution >= 4 is 23.5 Å². The Balaban J connectivity index is 1.71. The third-order valence-electron chi connectivity index (χ3n) is 7.77. The summed E-state index contributed by atoms with van der Waals surface area (Å²) >= 11 is 0. The molecule has 2 aromatic rings. The van der Waals surface area contributed by atoms with Gasteiger partial charge in [-0.2, -0.15) is 0 Å². The molecule has 1 unspecified atom stereocenters. The number of amides is 1. The lowest BCUT2D eigenvalue weighted by Crippen LogP contribution is -2.41. The second-order valence-corrected chi connectivity index (χ2v) is 10.4. The van der Waals surface area contributed by atoms with Gasteiger partial charge < -0.3 is 35.4 Å². The highest BCUT2D eigenvalue weighted by Gasteiger charge is 2.28. The number of aromatic amines is 1. The molecule has 1 atom stereocenters. The third-order valence-corrected chi connectivity index (χ3v) is 7.77. The van der Waals surface area contributed by atoms with E-state index in [-0.39, 0.29) is 24.1 Å². The van der Waals surface area contributed by atoms with E-state index in [1.54, 1.807) is 0 Å². The van der Waals surface area contributed by atoms with E-state index in [2.05, 4.69) is 27.4 Å². The third kappa shape index (κ3) is 6.10. The van der Waals surface area contributed by atoms with E-state index in [9.17, 15) is 9.59 Å². The summed E-state index contributed by atoms with van der Waals surface area (Å²) in [7, 11) is 0. The van der Waals surface area contributed by atoms with Gasteiger partial charge in [-0.1, -0.05) is 0 Å². The summed E-state index contributed by atoms with van der Waals surface area (Å²) in [5, 5.41) is 14.9. The first-order valence-electron chi connectivity index (χ1n) is 13.7. The summed E-state index contributed by atoms with van der Waals surface area (Å²) in [6.07, 6.45) is 4.19. The smallest absolute Gasteiger partial charge is 0.253 e. The minimum absolute atomic E-state index is 0.140. The van der Waals surface area contributed by atoms with Crippen LogP contribution in [0.1, 0.15) is 64.5 Å². The van der Waals surface area contributed by atoms with E-state index >= 15 is 0 Å². The Morgan fingerprint density at radius 2 is 1.89 bits per heavy atom. The maximum Gasteiger partial charge on any atom is 0.253 e. The molecular formula is C29H41N5O4. The quantitative estimate of drug-likeness (QED) is 0.353. The number of hydrogen-bond donors (Lipinski definition) is 4. The highest BCUT2D eigenvalue weighted by atomic mass is 16.5. The molecule has 0 aliphatic carbocycles. The van der Waals surface area contributed by atoms with Crippen LogP contribution in [0, 0.1) is 32.1 Å². The normalized spacial score (nSPS) is 17.8. The number of benzene rings is 1. The molecule has 206 valence electrons. The Kier molecular flexibility index (Phi) is 9.22. The molecule has 9 heteroatoms. The molecule has 0 bridgehead atoms. The molecule has 38 heavy (non-hydrogen) atoms. The molecule has 0 spiro atoms. The lowest BCUT2D eigenvalue weighted by Gasteiger charge is -2.38. The Morgan fingerprint density at radius 3 is 2.53 bits per heavy atom. The average molecular weight is 524 g/mol. The van der Waals surface area contributed by atoms with Crippen LogP contribution in [-0.2, 0) is 16.0 Å². The van der Waals surface area contributed by atoms with E-state index < -0.39 is 0 Å². The maximum atomic E-state index is 13.6. The van der Waals surface area contributed by atoms with Gasteiger partial charge in [0.25, 0.3) is 11.5 Å². The van der Waals surface area contributed by atoms with E-state index in [0.29, 0.717) is 43.4 Å². The summed E-state index contributed by atoms with van der Waals surface area (Å²) in [6.45, 7) is 12.3. The van der Waals surface area contributed by atoms with Crippen molar-refractivity contribution in [1.82, 2.24) is 10.3 Å². The number of rotatable bonds is 10. The van der Waals surface area contributed by atoms with Gasteiger partial charge in [-0.3, -0.25) is 9.59 Å². The summed E-state index contributed by atoms with van der Waals surface area (Å²) in [6, 6.07) is 4.04. The number of carbonyl (C=O) groups is 1. The number of carbonyl (C=O) groups excluding carboxylic acids is 1. The van der Waals surface area contributed by atoms with Gasteiger partial charge in [-0.05, 0) is 70.2 Å². The number of pyridine rings is 1.